The highest BCUT2D eigenvalue weighted by Crippen LogP contribution is 2.50. The molecule has 3 atom stereocenters. The molecule has 2 aromatic carbocycles. The van der Waals surface area contributed by atoms with Crippen LogP contribution in [0.3, 0.4) is 0 Å². The molecule has 0 aliphatic carbocycles. The highest BCUT2D eigenvalue weighted by atomic mass is 19.4. The molecule has 4 nitrogen and oxygen atoms in total. The number of hydrogen-bond acceptors (Lipinski definition) is 4. The second-order valence-corrected chi connectivity index (χ2v) is 8.34. The van der Waals surface area contributed by atoms with Crippen LogP contribution in [0.15, 0.2) is 48.5 Å². The zero-order chi connectivity index (χ0) is 21.4. The Bertz CT molecular complexity index is 872. The summed E-state index contributed by atoms with van der Waals surface area (Å²) in [6.07, 6.45) is -2.04. The van der Waals surface area contributed by atoms with Crippen molar-refractivity contribution in [3.8, 4) is 5.75 Å². The fraction of sp³-hybridized carbons (Fsp3) is 0.478. The summed E-state index contributed by atoms with van der Waals surface area (Å²) < 4.78 is 48.9. The number of ether oxygens (including phenoxy) is 2. The van der Waals surface area contributed by atoms with Gasteiger partial charge >= 0.3 is 6.36 Å². The third-order valence-corrected chi connectivity index (χ3v) is 6.10. The first-order valence-electron chi connectivity index (χ1n) is 10.3. The van der Waals surface area contributed by atoms with E-state index in [0.29, 0.717) is 6.61 Å². The Balaban J connectivity index is 1.65. The molecule has 2 aliphatic rings. The minimum Gasteiger partial charge on any atom is -0.406 e. The molecule has 0 amide bonds. The second-order valence-electron chi connectivity index (χ2n) is 8.34. The lowest BCUT2D eigenvalue weighted by molar-refractivity contribution is -0.274. The Morgan fingerprint density at radius 3 is 2.60 bits per heavy atom. The van der Waals surface area contributed by atoms with Crippen molar-refractivity contribution in [2.75, 3.05) is 32.1 Å². The molecule has 30 heavy (non-hydrogen) atoms. The van der Waals surface area contributed by atoms with Crippen molar-refractivity contribution in [3.05, 3.63) is 59.7 Å². The molecule has 2 saturated heterocycles. The summed E-state index contributed by atoms with van der Waals surface area (Å²) in [5, 5.41) is 3.61. The fourth-order valence-corrected chi connectivity index (χ4v) is 4.87. The van der Waals surface area contributed by atoms with Crippen LogP contribution in [0.2, 0.25) is 0 Å². The van der Waals surface area contributed by atoms with Crippen LogP contribution in [0.25, 0.3) is 0 Å². The van der Waals surface area contributed by atoms with Gasteiger partial charge in [-0.2, -0.15) is 0 Å². The quantitative estimate of drug-likeness (QED) is 0.753. The number of hydrogen-bond donors (Lipinski definition) is 1. The lowest BCUT2D eigenvalue weighted by Crippen LogP contribution is -2.48. The fourth-order valence-electron chi connectivity index (χ4n) is 4.87. The standard InChI is InChI=1S/C23H27F3N2O2/c1-28(2)20-10-9-18(30-23(24,25)26)13-19(20)17-14-22(29-15-17)11-6-12-27-21(22)16-7-4-3-5-8-16/h3-5,7-10,13,17,21,27H,6,11-12,14-15H2,1-2H3/t17?,21-,22+/m0/s1. The topological polar surface area (TPSA) is 33.7 Å². The summed E-state index contributed by atoms with van der Waals surface area (Å²) >= 11 is 0. The van der Waals surface area contributed by atoms with E-state index in [4.69, 9.17) is 4.74 Å². The molecule has 0 aromatic heterocycles. The van der Waals surface area contributed by atoms with E-state index in [1.807, 2.05) is 37.2 Å². The number of halogens is 3. The molecule has 7 heteroatoms. The van der Waals surface area contributed by atoms with Crippen molar-refractivity contribution in [1.29, 1.82) is 0 Å². The van der Waals surface area contributed by atoms with Crippen LogP contribution in [0.4, 0.5) is 18.9 Å². The molecule has 1 N–H and O–H groups in total. The molecule has 162 valence electrons. The van der Waals surface area contributed by atoms with Crippen molar-refractivity contribution < 1.29 is 22.6 Å². The molecule has 0 bridgehead atoms. The van der Waals surface area contributed by atoms with Crippen LogP contribution >= 0.6 is 0 Å². The summed E-state index contributed by atoms with van der Waals surface area (Å²) in [6, 6.07) is 14.9. The zero-order valence-electron chi connectivity index (χ0n) is 17.2. The van der Waals surface area contributed by atoms with Gasteiger partial charge in [-0.3, -0.25) is 0 Å². The number of benzene rings is 2. The van der Waals surface area contributed by atoms with E-state index in [1.54, 1.807) is 6.07 Å². The SMILES string of the molecule is CN(C)c1ccc(OC(F)(F)F)cc1C1CO[C@]2(CCCN[C@H]2c2ccccc2)C1. The number of piperidine rings is 1. The zero-order valence-corrected chi connectivity index (χ0v) is 17.2. The van der Waals surface area contributed by atoms with E-state index in [9.17, 15) is 13.2 Å². The van der Waals surface area contributed by atoms with Crippen molar-refractivity contribution in [2.45, 2.75) is 43.2 Å². The van der Waals surface area contributed by atoms with Gasteiger partial charge in [0.2, 0.25) is 0 Å². The second kappa shape index (κ2) is 8.12. The minimum atomic E-state index is -4.71. The summed E-state index contributed by atoms with van der Waals surface area (Å²) in [4.78, 5) is 1.92. The van der Waals surface area contributed by atoms with Crippen molar-refractivity contribution in [1.82, 2.24) is 5.32 Å². The average molecular weight is 420 g/mol. The van der Waals surface area contributed by atoms with Crippen LogP contribution in [0, 0.1) is 0 Å². The number of rotatable bonds is 4. The Morgan fingerprint density at radius 2 is 1.90 bits per heavy atom. The highest BCUT2D eigenvalue weighted by molar-refractivity contribution is 5.57. The molecule has 2 heterocycles. The van der Waals surface area contributed by atoms with Gasteiger partial charge in [0, 0.05) is 25.7 Å². The minimum absolute atomic E-state index is 0.00899. The van der Waals surface area contributed by atoms with Gasteiger partial charge in [-0.25, -0.2) is 0 Å². The first kappa shape index (κ1) is 21.0. The highest BCUT2D eigenvalue weighted by Gasteiger charge is 2.49. The van der Waals surface area contributed by atoms with E-state index in [2.05, 4.69) is 22.2 Å². The van der Waals surface area contributed by atoms with E-state index in [1.165, 1.54) is 17.7 Å². The summed E-state index contributed by atoms with van der Waals surface area (Å²) in [5.74, 6) is -0.198. The monoisotopic (exact) mass is 420 g/mol. The van der Waals surface area contributed by atoms with Crippen LogP contribution in [-0.4, -0.2) is 39.2 Å². The molecule has 2 fully saturated rings. The molecular formula is C23H27F3N2O2. The first-order valence-corrected chi connectivity index (χ1v) is 10.3. The third-order valence-electron chi connectivity index (χ3n) is 6.10. The van der Waals surface area contributed by atoms with Gasteiger partial charge in [-0.15, -0.1) is 13.2 Å². The van der Waals surface area contributed by atoms with Gasteiger partial charge in [0.05, 0.1) is 18.2 Å². The Morgan fingerprint density at radius 1 is 1.13 bits per heavy atom. The first-order chi connectivity index (χ1) is 14.3. The van der Waals surface area contributed by atoms with Crippen LogP contribution in [0.5, 0.6) is 5.75 Å². The van der Waals surface area contributed by atoms with Crippen molar-refractivity contribution in [2.24, 2.45) is 0 Å². The normalized spacial score (nSPS) is 26.7. The maximum atomic E-state index is 12.8. The lowest BCUT2D eigenvalue weighted by Gasteiger charge is -2.41. The van der Waals surface area contributed by atoms with Gasteiger partial charge < -0.3 is 19.7 Å². The van der Waals surface area contributed by atoms with Gasteiger partial charge in [0.15, 0.2) is 0 Å². The van der Waals surface area contributed by atoms with E-state index >= 15 is 0 Å². The Hall–Kier alpha value is -2.25. The van der Waals surface area contributed by atoms with Gasteiger partial charge in [0.25, 0.3) is 0 Å². The summed E-state index contributed by atoms with van der Waals surface area (Å²) in [6.45, 7) is 1.40. The van der Waals surface area contributed by atoms with Gasteiger partial charge in [0.1, 0.15) is 5.75 Å². The molecule has 1 spiro atoms. The third kappa shape index (κ3) is 4.27. The predicted molar refractivity (Wildman–Crippen MR) is 110 cm³/mol. The number of alkyl halides is 3. The Kier molecular flexibility index (Phi) is 5.68. The van der Waals surface area contributed by atoms with Gasteiger partial charge in [-0.05, 0) is 55.1 Å². The van der Waals surface area contributed by atoms with Crippen LogP contribution in [0.1, 0.15) is 42.3 Å². The lowest BCUT2D eigenvalue weighted by atomic mass is 9.76. The molecule has 2 aromatic rings. The number of nitrogens with zero attached hydrogens (tertiary/aromatic N) is 1. The van der Waals surface area contributed by atoms with Crippen LogP contribution in [-0.2, 0) is 4.74 Å². The molecule has 4 rings (SSSR count). The summed E-state index contributed by atoms with van der Waals surface area (Å²) in [7, 11) is 3.78. The molecule has 0 saturated carbocycles. The molecule has 2 aliphatic heterocycles. The number of anilines is 1. The van der Waals surface area contributed by atoms with Crippen molar-refractivity contribution >= 4 is 5.69 Å². The Labute approximate surface area is 175 Å². The largest absolute Gasteiger partial charge is 0.573 e. The molecular weight excluding hydrogens is 393 g/mol. The smallest absolute Gasteiger partial charge is 0.406 e. The predicted octanol–water partition coefficient (Wildman–Crippen LogP) is 5.02. The average Bonchev–Trinajstić information content (AvgIpc) is 3.11. The van der Waals surface area contributed by atoms with Crippen LogP contribution < -0.4 is 15.0 Å². The van der Waals surface area contributed by atoms with Crippen molar-refractivity contribution in [3.63, 3.8) is 0 Å². The maximum Gasteiger partial charge on any atom is 0.573 e. The van der Waals surface area contributed by atoms with Gasteiger partial charge in [-0.1, -0.05) is 30.3 Å². The van der Waals surface area contributed by atoms with E-state index in [0.717, 1.165) is 37.1 Å². The van der Waals surface area contributed by atoms with E-state index < -0.39 is 6.36 Å². The summed E-state index contributed by atoms with van der Waals surface area (Å²) in [5.41, 5.74) is 2.53. The molecule has 1 unspecified atom stereocenters. The molecule has 0 radical (unpaired) electrons. The maximum absolute atomic E-state index is 12.8. The number of nitrogens with one attached hydrogen (secondary N) is 1. The van der Waals surface area contributed by atoms with E-state index in [-0.39, 0.29) is 23.3 Å².